The highest BCUT2D eigenvalue weighted by Crippen LogP contribution is 2.32. The van der Waals surface area contributed by atoms with Crippen molar-refractivity contribution in [2.75, 3.05) is 7.11 Å². The molecule has 2 rings (SSSR count). The Bertz CT molecular complexity index is 624. The molecule has 0 aliphatic rings. The van der Waals surface area contributed by atoms with Crippen molar-refractivity contribution in [3.05, 3.63) is 29.5 Å². The van der Waals surface area contributed by atoms with Gasteiger partial charge in [0.1, 0.15) is 17.1 Å². The zero-order valence-corrected chi connectivity index (χ0v) is 10.0. The molecule has 0 saturated heterocycles. The number of aliphatic carboxylic acids is 1. The van der Waals surface area contributed by atoms with E-state index in [2.05, 4.69) is 0 Å². The summed E-state index contributed by atoms with van der Waals surface area (Å²) >= 11 is 0. The molecule has 0 aliphatic heterocycles. The molecule has 1 heterocycles. The lowest BCUT2D eigenvalue weighted by Crippen LogP contribution is -2.12. The molecule has 0 spiro atoms. The van der Waals surface area contributed by atoms with Gasteiger partial charge in [-0.1, -0.05) is 6.92 Å². The van der Waals surface area contributed by atoms with Gasteiger partial charge in [0.2, 0.25) is 0 Å². The first-order valence-corrected chi connectivity index (χ1v) is 5.45. The van der Waals surface area contributed by atoms with Gasteiger partial charge in [-0.15, -0.1) is 0 Å². The summed E-state index contributed by atoms with van der Waals surface area (Å²) in [6.07, 6.45) is 0.651. The summed E-state index contributed by atoms with van der Waals surface area (Å²) in [6, 6.07) is 4.72. The standard InChI is InChI=1S/C13H12O5/c1-3-7-6-9-10(17-2)5-4-8(12(9)18-7)11(14)13(15)16/h4-6H,3H2,1-2H3,(H,15,16). The Balaban J connectivity index is 2.72. The van der Waals surface area contributed by atoms with Crippen molar-refractivity contribution in [2.45, 2.75) is 13.3 Å². The third-order valence-corrected chi connectivity index (χ3v) is 2.70. The van der Waals surface area contributed by atoms with E-state index in [1.807, 2.05) is 6.92 Å². The van der Waals surface area contributed by atoms with E-state index in [0.29, 0.717) is 23.3 Å². The molecule has 1 aromatic carbocycles. The van der Waals surface area contributed by atoms with E-state index in [9.17, 15) is 9.59 Å². The van der Waals surface area contributed by atoms with E-state index in [4.69, 9.17) is 14.3 Å². The largest absolute Gasteiger partial charge is 0.496 e. The number of ether oxygens (including phenoxy) is 1. The minimum atomic E-state index is -1.50. The van der Waals surface area contributed by atoms with Crippen LogP contribution in [0.25, 0.3) is 11.0 Å². The number of carboxylic acids is 1. The second-order valence-corrected chi connectivity index (χ2v) is 3.76. The minimum absolute atomic E-state index is 0.0398. The lowest BCUT2D eigenvalue weighted by atomic mass is 10.1. The number of ketones is 1. The number of hydrogen-bond donors (Lipinski definition) is 1. The second-order valence-electron chi connectivity index (χ2n) is 3.76. The predicted octanol–water partition coefficient (Wildman–Crippen LogP) is 2.27. The molecular formula is C13H12O5. The van der Waals surface area contributed by atoms with Crippen LogP contribution in [0.2, 0.25) is 0 Å². The molecule has 0 unspecified atom stereocenters. The van der Waals surface area contributed by atoms with Crippen LogP contribution >= 0.6 is 0 Å². The van der Waals surface area contributed by atoms with Crippen LogP contribution in [0.3, 0.4) is 0 Å². The average Bonchev–Trinajstić information content (AvgIpc) is 2.80. The molecule has 94 valence electrons. The van der Waals surface area contributed by atoms with E-state index in [1.165, 1.54) is 13.2 Å². The third kappa shape index (κ3) is 1.84. The maximum absolute atomic E-state index is 11.6. The lowest BCUT2D eigenvalue weighted by molar-refractivity contribution is -0.131. The summed E-state index contributed by atoms with van der Waals surface area (Å²) in [7, 11) is 1.51. The molecule has 1 aromatic heterocycles. The summed E-state index contributed by atoms with van der Waals surface area (Å²) < 4.78 is 10.7. The number of furan rings is 1. The van der Waals surface area contributed by atoms with Gasteiger partial charge in [0, 0.05) is 6.42 Å². The number of benzene rings is 1. The van der Waals surface area contributed by atoms with E-state index in [1.54, 1.807) is 12.1 Å². The number of carbonyl (C=O) groups is 2. The van der Waals surface area contributed by atoms with Gasteiger partial charge in [0.05, 0.1) is 18.1 Å². The highest BCUT2D eigenvalue weighted by Gasteiger charge is 2.22. The normalized spacial score (nSPS) is 10.6. The maximum atomic E-state index is 11.6. The van der Waals surface area contributed by atoms with Gasteiger partial charge in [0.15, 0.2) is 0 Å². The van der Waals surface area contributed by atoms with Gasteiger partial charge < -0.3 is 14.3 Å². The number of methoxy groups -OCH3 is 1. The average molecular weight is 248 g/mol. The lowest BCUT2D eigenvalue weighted by Gasteiger charge is -2.03. The first kappa shape index (κ1) is 12.2. The monoisotopic (exact) mass is 248 g/mol. The van der Waals surface area contributed by atoms with Crippen LogP contribution < -0.4 is 4.74 Å². The zero-order valence-electron chi connectivity index (χ0n) is 10.0. The van der Waals surface area contributed by atoms with E-state index < -0.39 is 11.8 Å². The molecule has 0 amide bonds. The summed E-state index contributed by atoms with van der Waals surface area (Å²) in [5, 5.41) is 9.38. The molecule has 0 radical (unpaired) electrons. The van der Waals surface area contributed by atoms with Gasteiger partial charge >= 0.3 is 5.97 Å². The molecule has 0 saturated carbocycles. The number of Topliss-reactive ketones (excluding diaryl/α,β-unsaturated/α-hetero) is 1. The molecule has 0 atom stereocenters. The predicted molar refractivity (Wildman–Crippen MR) is 64.1 cm³/mol. The van der Waals surface area contributed by atoms with Crippen molar-refractivity contribution < 1.29 is 23.8 Å². The molecule has 5 nitrogen and oxygen atoms in total. The third-order valence-electron chi connectivity index (χ3n) is 2.70. The Labute approximate surface area is 103 Å². The van der Waals surface area contributed by atoms with E-state index >= 15 is 0 Å². The van der Waals surface area contributed by atoms with Gasteiger partial charge in [-0.2, -0.15) is 0 Å². The fourth-order valence-electron chi connectivity index (χ4n) is 1.80. The number of aryl methyl sites for hydroxylation is 1. The Kier molecular flexibility index (Phi) is 3.06. The van der Waals surface area contributed by atoms with Crippen molar-refractivity contribution in [1.82, 2.24) is 0 Å². The number of carboxylic acid groups (broad SMARTS) is 1. The van der Waals surface area contributed by atoms with Gasteiger partial charge in [-0.3, -0.25) is 4.79 Å². The van der Waals surface area contributed by atoms with Crippen LogP contribution in [0, 0.1) is 0 Å². The van der Waals surface area contributed by atoms with Gasteiger partial charge in [0.25, 0.3) is 5.78 Å². The minimum Gasteiger partial charge on any atom is -0.496 e. The van der Waals surface area contributed by atoms with Crippen LogP contribution in [0.5, 0.6) is 5.75 Å². The summed E-state index contributed by atoms with van der Waals surface area (Å²) in [6.45, 7) is 1.91. The topological polar surface area (TPSA) is 76.7 Å². The molecule has 2 aromatic rings. The van der Waals surface area contributed by atoms with Crippen LogP contribution in [0.15, 0.2) is 22.6 Å². The summed E-state index contributed by atoms with van der Waals surface area (Å²) in [5.41, 5.74) is 0.302. The molecule has 0 aliphatic carbocycles. The van der Waals surface area contributed by atoms with Crippen molar-refractivity contribution in [2.24, 2.45) is 0 Å². The van der Waals surface area contributed by atoms with Crippen LogP contribution in [-0.2, 0) is 11.2 Å². The quantitative estimate of drug-likeness (QED) is 0.663. The summed E-state index contributed by atoms with van der Waals surface area (Å²) in [4.78, 5) is 22.3. The SMILES string of the molecule is CCc1cc2c(OC)ccc(C(=O)C(=O)O)c2o1. The fraction of sp³-hybridized carbons (Fsp3) is 0.231. The Hall–Kier alpha value is -2.30. The highest BCUT2D eigenvalue weighted by molar-refractivity contribution is 6.42. The van der Waals surface area contributed by atoms with Crippen molar-refractivity contribution in [3.8, 4) is 5.75 Å². The molecular weight excluding hydrogens is 236 g/mol. The fourth-order valence-corrected chi connectivity index (χ4v) is 1.80. The first-order chi connectivity index (χ1) is 8.58. The number of rotatable bonds is 4. The Morgan fingerprint density at radius 1 is 1.39 bits per heavy atom. The number of hydrogen-bond acceptors (Lipinski definition) is 4. The van der Waals surface area contributed by atoms with E-state index in [0.717, 1.165) is 0 Å². The van der Waals surface area contributed by atoms with Crippen LogP contribution in [0.4, 0.5) is 0 Å². The van der Waals surface area contributed by atoms with Crippen LogP contribution in [-0.4, -0.2) is 24.0 Å². The zero-order chi connectivity index (χ0) is 13.3. The first-order valence-electron chi connectivity index (χ1n) is 5.45. The highest BCUT2D eigenvalue weighted by atomic mass is 16.5. The Morgan fingerprint density at radius 2 is 2.11 bits per heavy atom. The van der Waals surface area contributed by atoms with Crippen molar-refractivity contribution in [1.29, 1.82) is 0 Å². The van der Waals surface area contributed by atoms with Gasteiger partial charge in [-0.25, -0.2) is 4.79 Å². The molecule has 0 bridgehead atoms. The molecule has 5 heteroatoms. The van der Waals surface area contributed by atoms with Gasteiger partial charge in [-0.05, 0) is 18.2 Å². The van der Waals surface area contributed by atoms with Crippen LogP contribution in [0.1, 0.15) is 23.0 Å². The number of carbonyl (C=O) groups excluding carboxylic acids is 1. The smallest absolute Gasteiger partial charge is 0.377 e. The second kappa shape index (κ2) is 4.52. The molecule has 0 fully saturated rings. The van der Waals surface area contributed by atoms with Crippen molar-refractivity contribution in [3.63, 3.8) is 0 Å². The molecule has 18 heavy (non-hydrogen) atoms. The summed E-state index contributed by atoms with van der Waals surface area (Å²) in [5.74, 6) is -1.26. The molecule has 1 N–H and O–H groups in total. The number of fused-ring (bicyclic) bond motifs is 1. The Morgan fingerprint density at radius 3 is 2.67 bits per heavy atom. The van der Waals surface area contributed by atoms with Crippen molar-refractivity contribution >= 4 is 22.7 Å². The van der Waals surface area contributed by atoms with E-state index in [-0.39, 0.29) is 11.1 Å². The maximum Gasteiger partial charge on any atom is 0.377 e.